The van der Waals surface area contributed by atoms with E-state index >= 15 is 4.79 Å². The lowest BCUT2D eigenvalue weighted by atomic mass is 9.49. The van der Waals surface area contributed by atoms with Crippen molar-refractivity contribution in [1.82, 2.24) is 5.01 Å². The number of carbonyl (C=O) groups is 4. The fourth-order valence-electron chi connectivity index (χ4n) is 9.11. The van der Waals surface area contributed by atoms with Crippen LogP contribution < -0.4 is 19.8 Å². The molecule has 0 spiro atoms. The number of imide groups is 2. The lowest BCUT2D eigenvalue weighted by Gasteiger charge is -2.50. The van der Waals surface area contributed by atoms with Gasteiger partial charge in [-0.3, -0.25) is 39.6 Å². The molecular formula is C40H31BrCl2N4O9. The molecular weight excluding hydrogens is 831 g/mol. The number of phenols is 1. The van der Waals surface area contributed by atoms with Crippen molar-refractivity contribution in [1.29, 1.82) is 0 Å². The average Bonchev–Trinajstić information content (AvgIpc) is 3.57. The summed E-state index contributed by atoms with van der Waals surface area (Å²) in [6, 6.07) is 19.9. The highest BCUT2D eigenvalue weighted by Gasteiger charge is 2.70. The monoisotopic (exact) mass is 860 g/mol. The van der Waals surface area contributed by atoms with Crippen LogP contribution in [0, 0.1) is 33.8 Å². The van der Waals surface area contributed by atoms with E-state index in [0.717, 1.165) is 9.91 Å². The molecule has 2 saturated heterocycles. The van der Waals surface area contributed by atoms with Gasteiger partial charge in [-0.15, -0.1) is 0 Å². The Hall–Kier alpha value is -5.44. The minimum absolute atomic E-state index is 0.0101. The van der Waals surface area contributed by atoms with E-state index in [4.69, 9.17) is 32.7 Å². The first kappa shape index (κ1) is 37.5. The van der Waals surface area contributed by atoms with Crippen LogP contribution in [0.25, 0.3) is 0 Å². The number of ether oxygens (including phenoxy) is 2. The molecule has 4 amide bonds. The van der Waals surface area contributed by atoms with Crippen LogP contribution in [-0.2, 0) is 24.6 Å². The van der Waals surface area contributed by atoms with Crippen molar-refractivity contribution in [2.45, 2.75) is 24.2 Å². The first-order valence-electron chi connectivity index (χ1n) is 17.4. The molecule has 0 bridgehead atoms. The lowest BCUT2D eigenvalue weighted by Crippen LogP contribution is -2.53. The van der Waals surface area contributed by atoms with E-state index < -0.39 is 63.6 Å². The van der Waals surface area contributed by atoms with Gasteiger partial charge in [0.05, 0.1) is 63.2 Å². The Bertz CT molecular complexity index is 2390. The number of anilines is 2. The van der Waals surface area contributed by atoms with Crippen LogP contribution in [-0.4, -0.2) is 52.9 Å². The van der Waals surface area contributed by atoms with Crippen molar-refractivity contribution < 1.29 is 38.7 Å². The van der Waals surface area contributed by atoms with Gasteiger partial charge in [-0.25, -0.2) is 0 Å². The summed E-state index contributed by atoms with van der Waals surface area (Å²) >= 11 is 16.2. The van der Waals surface area contributed by atoms with Crippen LogP contribution in [0.1, 0.15) is 29.9 Å². The number of rotatable bonds is 8. The number of benzene rings is 4. The molecule has 8 rings (SSSR count). The van der Waals surface area contributed by atoms with E-state index in [1.54, 1.807) is 48.5 Å². The third kappa shape index (κ3) is 5.56. The maximum atomic E-state index is 15.5. The number of nitrogens with one attached hydrogen (secondary N) is 1. The van der Waals surface area contributed by atoms with Crippen LogP contribution >= 0.6 is 39.1 Å². The van der Waals surface area contributed by atoms with Gasteiger partial charge >= 0.3 is 0 Å². The summed E-state index contributed by atoms with van der Waals surface area (Å²) in [7, 11) is 2.90. The van der Waals surface area contributed by atoms with Gasteiger partial charge in [-0.2, -0.15) is 5.01 Å². The predicted molar refractivity (Wildman–Crippen MR) is 209 cm³/mol. The average molecular weight is 863 g/mol. The van der Waals surface area contributed by atoms with E-state index in [2.05, 4.69) is 21.4 Å². The summed E-state index contributed by atoms with van der Waals surface area (Å²) in [5.74, 6) is -6.18. The zero-order valence-corrected chi connectivity index (χ0v) is 32.7. The molecule has 0 radical (unpaired) electrons. The van der Waals surface area contributed by atoms with Crippen molar-refractivity contribution in [2.24, 2.45) is 23.7 Å². The minimum atomic E-state index is -1.64. The Kier molecular flexibility index (Phi) is 9.33. The Balaban J connectivity index is 1.33. The number of amides is 4. The Labute approximate surface area is 338 Å². The number of halogens is 3. The molecule has 2 N–H and O–H groups in total. The molecule has 4 aromatic rings. The first-order valence-corrected chi connectivity index (χ1v) is 19.0. The van der Waals surface area contributed by atoms with Crippen LogP contribution in [0.15, 0.2) is 95.0 Å². The number of phenolic OH excluding ortho intramolecular Hbond substituents is 1. The van der Waals surface area contributed by atoms with Crippen molar-refractivity contribution >= 4 is 79.8 Å². The quantitative estimate of drug-likeness (QED) is 0.0780. The molecule has 4 aliphatic rings. The van der Waals surface area contributed by atoms with Gasteiger partial charge < -0.3 is 14.6 Å². The number of nitro benzene ring substituents is 1. The lowest BCUT2D eigenvalue weighted by molar-refractivity contribution is -0.384. The highest BCUT2D eigenvalue weighted by atomic mass is 79.9. The SMILES string of the molecule is COc1ccc(C23C(=O)N(Nc4ccc(Cl)cc4Cl)C(=O)C2CC2C(=CCC4C(=O)N(c5ccc([N+](=O)[O-])cc5)C(=O)C42)C3c2cc(Br)c(O)c(OC)c2)cc1. The van der Waals surface area contributed by atoms with E-state index in [-0.39, 0.29) is 50.9 Å². The van der Waals surface area contributed by atoms with Gasteiger partial charge in [0.15, 0.2) is 11.5 Å². The highest BCUT2D eigenvalue weighted by Crippen LogP contribution is 2.65. The second-order valence-electron chi connectivity index (χ2n) is 14.1. The number of carbonyl (C=O) groups excluding carboxylic acids is 4. The van der Waals surface area contributed by atoms with Crippen molar-refractivity contribution in [3.05, 3.63) is 126 Å². The van der Waals surface area contributed by atoms with Crippen LogP contribution in [0.2, 0.25) is 10.0 Å². The molecule has 56 heavy (non-hydrogen) atoms. The molecule has 2 aliphatic heterocycles. The van der Waals surface area contributed by atoms with Gasteiger partial charge in [0.25, 0.3) is 17.5 Å². The number of nitro groups is 1. The standard InChI is InChI=1S/C40H31BrCl2N4O9/c1-55-24-10-3-20(4-11-24)40-28(37(50)46(39(40)52)44-31-14-5-21(42)17-30(31)43)18-27-25(34(40)19-15-29(41)35(48)32(16-19)56-2)12-13-26-33(27)38(51)45(36(26)49)22-6-8-23(9-7-22)47(53)54/h3-12,14-17,26-28,33-34,44,48H,13,18H2,1-2H3. The summed E-state index contributed by atoms with van der Waals surface area (Å²) in [5.41, 5.74) is 3.21. The number of fused-ring (bicyclic) bond motifs is 4. The van der Waals surface area contributed by atoms with Crippen molar-refractivity contribution in [3.8, 4) is 17.2 Å². The maximum Gasteiger partial charge on any atom is 0.269 e. The summed E-state index contributed by atoms with van der Waals surface area (Å²) in [6.45, 7) is 0. The van der Waals surface area contributed by atoms with Crippen molar-refractivity contribution in [3.63, 3.8) is 0 Å². The number of hydrazine groups is 1. The molecule has 286 valence electrons. The molecule has 6 unspecified atom stereocenters. The van der Waals surface area contributed by atoms with E-state index in [0.29, 0.717) is 27.5 Å². The van der Waals surface area contributed by atoms with E-state index in [1.807, 2.05) is 6.08 Å². The summed E-state index contributed by atoms with van der Waals surface area (Å²) in [5, 5.41) is 23.7. The zero-order valence-electron chi connectivity index (χ0n) is 29.6. The number of nitrogens with zero attached hydrogens (tertiary/aromatic N) is 3. The largest absolute Gasteiger partial charge is 0.503 e. The van der Waals surface area contributed by atoms with E-state index in [9.17, 15) is 29.6 Å². The van der Waals surface area contributed by atoms with Gasteiger partial charge in [0, 0.05) is 23.1 Å². The van der Waals surface area contributed by atoms with Gasteiger partial charge in [0.2, 0.25) is 11.8 Å². The number of methoxy groups -OCH3 is 2. The number of non-ortho nitro benzene ring substituents is 1. The molecule has 4 aromatic carbocycles. The first-order chi connectivity index (χ1) is 26.8. The molecule has 2 heterocycles. The Morgan fingerprint density at radius 2 is 1.62 bits per heavy atom. The third-order valence-electron chi connectivity index (χ3n) is 11.5. The molecule has 3 fully saturated rings. The fraction of sp³-hybridized carbons (Fsp3) is 0.250. The van der Waals surface area contributed by atoms with Crippen LogP contribution in [0.5, 0.6) is 17.2 Å². The Morgan fingerprint density at radius 1 is 0.911 bits per heavy atom. The normalized spacial score (nSPS) is 25.4. The zero-order chi connectivity index (χ0) is 39.8. The minimum Gasteiger partial charge on any atom is -0.503 e. The maximum absolute atomic E-state index is 15.5. The number of allylic oxidation sites excluding steroid dienone is 2. The Morgan fingerprint density at radius 3 is 2.27 bits per heavy atom. The van der Waals surface area contributed by atoms with Gasteiger partial charge in [-0.05, 0) is 100 Å². The smallest absolute Gasteiger partial charge is 0.269 e. The summed E-state index contributed by atoms with van der Waals surface area (Å²) in [6.07, 6.45) is 2.04. The molecule has 6 atom stereocenters. The summed E-state index contributed by atoms with van der Waals surface area (Å²) < 4.78 is 11.3. The number of hydrogen-bond donors (Lipinski definition) is 2. The molecule has 0 aromatic heterocycles. The fourth-order valence-corrected chi connectivity index (χ4v) is 10.0. The molecule has 16 heteroatoms. The molecule has 1 saturated carbocycles. The highest BCUT2D eigenvalue weighted by molar-refractivity contribution is 9.10. The van der Waals surface area contributed by atoms with Gasteiger partial charge in [0.1, 0.15) is 5.75 Å². The van der Waals surface area contributed by atoms with Crippen LogP contribution in [0.3, 0.4) is 0 Å². The van der Waals surface area contributed by atoms with Crippen molar-refractivity contribution in [2.75, 3.05) is 24.5 Å². The van der Waals surface area contributed by atoms with Crippen LogP contribution in [0.4, 0.5) is 17.1 Å². The predicted octanol–water partition coefficient (Wildman–Crippen LogP) is 7.58. The second-order valence-corrected chi connectivity index (χ2v) is 15.7. The number of aromatic hydroxyl groups is 1. The third-order valence-corrected chi connectivity index (χ3v) is 12.7. The van der Waals surface area contributed by atoms with Gasteiger partial charge in [-0.1, -0.05) is 47.0 Å². The topological polar surface area (TPSA) is 169 Å². The second kappa shape index (κ2) is 13.9. The van der Waals surface area contributed by atoms with E-state index in [1.165, 1.54) is 44.6 Å². The molecule has 2 aliphatic carbocycles. The summed E-state index contributed by atoms with van der Waals surface area (Å²) in [4.78, 5) is 71.0. The molecule has 13 nitrogen and oxygen atoms in total. The number of hydrogen-bond acceptors (Lipinski definition) is 10.